The first-order valence-corrected chi connectivity index (χ1v) is 6.23. The lowest BCUT2D eigenvalue weighted by Gasteiger charge is -2.09. The third kappa shape index (κ3) is 2.41. The molecule has 1 saturated carbocycles. The van der Waals surface area contributed by atoms with Crippen LogP contribution < -0.4 is 4.74 Å². The molecule has 3 heteroatoms. The van der Waals surface area contributed by atoms with Crippen molar-refractivity contribution < 1.29 is 14.3 Å². The molecule has 0 saturated heterocycles. The van der Waals surface area contributed by atoms with E-state index in [4.69, 9.17) is 9.15 Å². The van der Waals surface area contributed by atoms with Crippen LogP contribution in [0.5, 0.6) is 5.75 Å². The molecule has 0 spiro atoms. The van der Waals surface area contributed by atoms with Crippen molar-refractivity contribution in [1.82, 2.24) is 0 Å². The minimum Gasteiger partial charge on any atom is -0.490 e. The van der Waals surface area contributed by atoms with E-state index in [1.807, 2.05) is 37.3 Å². The molecule has 18 heavy (non-hydrogen) atoms. The minimum absolute atomic E-state index is 0.397. The first-order chi connectivity index (χ1) is 8.72. The van der Waals surface area contributed by atoms with Gasteiger partial charge < -0.3 is 14.3 Å². The first kappa shape index (κ1) is 11.4. The van der Waals surface area contributed by atoms with E-state index in [1.165, 1.54) is 0 Å². The Morgan fingerprint density at radius 2 is 1.89 bits per heavy atom. The lowest BCUT2D eigenvalue weighted by Crippen LogP contribution is -1.99. The Labute approximate surface area is 106 Å². The number of hydrogen-bond acceptors (Lipinski definition) is 3. The summed E-state index contributed by atoms with van der Waals surface area (Å²) in [6, 6.07) is 11.2. The van der Waals surface area contributed by atoms with E-state index < -0.39 is 6.10 Å². The third-order valence-electron chi connectivity index (χ3n) is 3.05. The molecule has 1 aliphatic rings. The van der Waals surface area contributed by atoms with Gasteiger partial charge in [0.25, 0.3) is 0 Å². The Hall–Kier alpha value is -1.74. The summed E-state index contributed by atoms with van der Waals surface area (Å²) >= 11 is 0. The molecule has 94 valence electrons. The van der Waals surface area contributed by atoms with Crippen LogP contribution in [0, 0.1) is 6.92 Å². The van der Waals surface area contributed by atoms with Crippen LogP contribution >= 0.6 is 0 Å². The van der Waals surface area contributed by atoms with Crippen LogP contribution in [0.2, 0.25) is 0 Å². The highest BCUT2D eigenvalue weighted by molar-refractivity contribution is 5.32. The van der Waals surface area contributed by atoms with Crippen LogP contribution in [-0.2, 0) is 0 Å². The maximum Gasteiger partial charge on any atom is 0.137 e. The molecule has 1 fully saturated rings. The molecule has 0 aliphatic heterocycles. The van der Waals surface area contributed by atoms with Crippen LogP contribution in [0.3, 0.4) is 0 Å². The van der Waals surface area contributed by atoms with Gasteiger partial charge in [-0.25, -0.2) is 0 Å². The van der Waals surface area contributed by atoms with Crippen molar-refractivity contribution in [1.29, 1.82) is 0 Å². The molecule has 3 rings (SSSR count). The van der Waals surface area contributed by atoms with Crippen molar-refractivity contribution in [3.8, 4) is 5.75 Å². The molecule has 0 amide bonds. The second-order valence-electron chi connectivity index (χ2n) is 4.74. The topological polar surface area (TPSA) is 42.6 Å². The monoisotopic (exact) mass is 244 g/mol. The quantitative estimate of drug-likeness (QED) is 0.898. The summed E-state index contributed by atoms with van der Waals surface area (Å²) in [6.07, 6.45) is 1.98. The van der Waals surface area contributed by atoms with E-state index in [1.54, 1.807) is 6.07 Å². The van der Waals surface area contributed by atoms with Gasteiger partial charge in [-0.2, -0.15) is 0 Å². The molecule has 1 aromatic carbocycles. The van der Waals surface area contributed by atoms with Crippen LogP contribution in [0.4, 0.5) is 0 Å². The predicted molar refractivity (Wildman–Crippen MR) is 67.6 cm³/mol. The van der Waals surface area contributed by atoms with E-state index in [9.17, 15) is 5.11 Å². The van der Waals surface area contributed by atoms with Gasteiger partial charge in [-0.1, -0.05) is 12.1 Å². The summed E-state index contributed by atoms with van der Waals surface area (Å²) in [4.78, 5) is 0. The van der Waals surface area contributed by atoms with Crippen LogP contribution in [0.15, 0.2) is 40.8 Å². The molecule has 0 bridgehead atoms. The summed E-state index contributed by atoms with van der Waals surface area (Å²) in [6.45, 7) is 1.86. The third-order valence-corrected chi connectivity index (χ3v) is 3.05. The fourth-order valence-corrected chi connectivity index (χ4v) is 1.87. The van der Waals surface area contributed by atoms with Crippen molar-refractivity contribution in [2.45, 2.75) is 32.0 Å². The van der Waals surface area contributed by atoms with Crippen molar-refractivity contribution in [2.75, 3.05) is 0 Å². The van der Waals surface area contributed by atoms with Crippen LogP contribution in [-0.4, -0.2) is 11.2 Å². The van der Waals surface area contributed by atoms with Crippen LogP contribution in [0.1, 0.15) is 36.0 Å². The molecule has 1 aromatic heterocycles. The van der Waals surface area contributed by atoms with Gasteiger partial charge in [0.05, 0.1) is 6.10 Å². The lowest BCUT2D eigenvalue weighted by molar-refractivity contribution is 0.187. The highest BCUT2D eigenvalue weighted by Crippen LogP contribution is 2.29. The molecule has 0 radical (unpaired) electrons. The van der Waals surface area contributed by atoms with Gasteiger partial charge in [0.1, 0.15) is 23.4 Å². The highest BCUT2D eigenvalue weighted by Gasteiger charge is 2.23. The molecule has 2 aromatic rings. The minimum atomic E-state index is -0.714. The number of benzene rings is 1. The number of hydrogen-bond donors (Lipinski definition) is 1. The van der Waals surface area contributed by atoms with E-state index in [0.717, 1.165) is 29.9 Å². The average molecular weight is 244 g/mol. The van der Waals surface area contributed by atoms with Crippen molar-refractivity contribution in [3.63, 3.8) is 0 Å². The number of aliphatic hydroxyl groups excluding tert-OH is 1. The Morgan fingerprint density at radius 1 is 1.17 bits per heavy atom. The van der Waals surface area contributed by atoms with E-state index >= 15 is 0 Å². The normalized spacial score (nSPS) is 16.6. The van der Waals surface area contributed by atoms with Gasteiger partial charge in [-0.3, -0.25) is 0 Å². The number of ether oxygens (including phenoxy) is 1. The SMILES string of the molecule is Cc1ccc(C(O)c2ccc(OC3CC3)cc2)o1. The van der Waals surface area contributed by atoms with E-state index in [2.05, 4.69) is 0 Å². The van der Waals surface area contributed by atoms with Crippen molar-refractivity contribution in [2.24, 2.45) is 0 Å². The summed E-state index contributed by atoms with van der Waals surface area (Å²) in [5, 5.41) is 10.2. The van der Waals surface area contributed by atoms with Gasteiger partial charge in [0, 0.05) is 0 Å². The predicted octanol–water partition coefficient (Wildman–Crippen LogP) is 3.21. The molecular weight excluding hydrogens is 228 g/mol. The molecule has 1 atom stereocenters. The highest BCUT2D eigenvalue weighted by atomic mass is 16.5. The summed E-state index contributed by atoms with van der Waals surface area (Å²) < 4.78 is 11.1. The van der Waals surface area contributed by atoms with E-state index in [0.29, 0.717) is 11.9 Å². The molecule has 1 heterocycles. The number of furan rings is 1. The second-order valence-corrected chi connectivity index (χ2v) is 4.74. The Kier molecular flexibility index (Phi) is 2.84. The molecule has 1 N–H and O–H groups in total. The molecule has 1 unspecified atom stereocenters. The summed E-state index contributed by atoms with van der Waals surface area (Å²) in [7, 11) is 0. The summed E-state index contributed by atoms with van der Waals surface area (Å²) in [5.74, 6) is 2.24. The standard InChI is InChI=1S/C15H16O3/c1-10-2-9-14(17-10)15(16)11-3-5-12(6-4-11)18-13-7-8-13/h2-6,9,13,15-16H,7-8H2,1H3. The maximum absolute atomic E-state index is 10.2. The van der Waals surface area contributed by atoms with Crippen molar-refractivity contribution in [3.05, 3.63) is 53.5 Å². The fourth-order valence-electron chi connectivity index (χ4n) is 1.87. The molecule has 1 aliphatic carbocycles. The van der Waals surface area contributed by atoms with Gasteiger partial charge in [-0.15, -0.1) is 0 Å². The second kappa shape index (κ2) is 4.50. The Morgan fingerprint density at radius 3 is 2.44 bits per heavy atom. The Balaban J connectivity index is 1.74. The zero-order chi connectivity index (χ0) is 12.5. The average Bonchev–Trinajstić information content (AvgIpc) is 3.09. The summed E-state index contributed by atoms with van der Waals surface area (Å²) in [5.41, 5.74) is 0.812. The zero-order valence-electron chi connectivity index (χ0n) is 10.3. The molecular formula is C15H16O3. The smallest absolute Gasteiger partial charge is 0.137 e. The van der Waals surface area contributed by atoms with Gasteiger partial charge in [0.2, 0.25) is 0 Å². The lowest BCUT2D eigenvalue weighted by atomic mass is 10.1. The zero-order valence-corrected chi connectivity index (χ0v) is 10.3. The van der Waals surface area contributed by atoms with Crippen LogP contribution in [0.25, 0.3) is 0 Å². The fraction of sp³-hybridized carbons (Fsp3) is 0.333. The Bertz CT molecular complexity index is 523. The van der Waals surface area contributed by atoms with Gasteiger partial charge in [0.15, 0.2) is 0 Å². The maximum atomic E-state index is 10.2. The van der Waals surface area contributed by atoms with Gasteiger partial charge in [-0.05, 0) is 49.6 Å². The first-order valence-electron chi connectivity index (χ1n) is 6.23. The number of rotatable bonds is 4. The number of aliphatic hydroxyl groups is 1. The van der Waals surface area contributed by atoms with Gasteiger partial charge >= 0.3 is 0 Å². The van der Waals surface area contributed by atoms with Crippen molar-refractivity contribution >= 4 is 0 Å². The van der Waals surface area contributed by atoms with E-state index in [-0.39, 0.29) is 0 Å². The number of aryl methyl sites for hydroxylation is 1. The largest absolute Gasteiger partial charge is 0.490 e. The molecule has 3 nitrogen and oxygen atoms in total.